The van der Waals surface area contributed by atoms with Crippen LogP contribution in [0.25, 0.3) is 11.0 Å². The van der Waals surface area contributed by atoms with Crippen molar-refractivity contribution in [3.63, 3.8) is 0 Å². The number of aryl methyl sites for hydroxylation is 2. The molecule has 0 amide bonds. The first-order chi connectivity index (χ1) is 10.2. The number of benzene rings is 1. The molecule has 0 spiro atoms. The number of rotatable bonds is 3. The number of nitrogens with zero attached hydrogens (tertiary/aromatic N) is 4. The van der Waals surface area contributed by atoms with Crippen molar-refractivity contribution < 1.29 is 0 Å². The third-order valence-corrected chi connectivity index (χ3v) is 3.47. The predicted molar refractivity (Wildman–Crippen MR) is 81.7 cm³/mol. The first-order valence-corrected chi connectivity index (χ1v) is 6.70. The Bertz CT molecular complexity index is 841. The molecule has 0 radical (unpaired) electrons. The summed E-state index contributed by atoms with van der Waals surface area (Å²) in [5.41, 5.74) is 3.80. The lowest BCUT2D eigenvalue weighted by Gasteiger charge is -2.06. The molecule has 0 bridgehead atoms. The van der Waals surface area contributed by atoms with E-state index in [0.717, 1.165) is 16.9 Å². The van der Waals surface area contributed by atoms with Gasteiger partial charge in [0.25, 0.3) is 0 Å². The second-order valence-electron chi connectivity index (χ2n) is 4.94. The molecular formula is C16H15N5. The van der Waals surface area contributed by atoms with Gasteiger partial charge in [-0.25, -0.2) is 9.97 Å². The maximum absolute atomic E-state index is 9.06. The average molecular weight is 277 g/mol. The largest absolute Gasteiger partial charge is 0.362 e. The normalized spacial score (nSPS) is 10.5. The average Bonchev–Trinajstić information content (AvgIpc) is 2.81. The van der Waals surface area contributed by atoms with E-state index in [1.54, 1.807) is 18.3 Å². The number of nitrogens with one attached hydrogen (secondary N) is 1. The maximum atomic E-state index is 9.06. The van der Waals surface area contributed by atoms with Gasteiger partial charge in [0.05, 0.1) is 23.1 Å². The van der Waals surface area contributed by atoms with Crippen molar-refractivity contribution in [1.29, 1.82) is 5.26 Å². The fourth-order valence-corrected chi connectivity index (χ4v) is 2.32. The van der Waals surface area contributed by atoms with E-state index in [-0.39, 0.29) is 0 Å². The number of hydrogen-bond donors (Lipinski definition) is 1. The number of fused-ring (bicyclic) bond motifs is 1. The van der Waals surface area contributed by atoms with Crippen LogP contribution in [0.15, 0.2) is 36.5 Å². The van der Waals surface area contributed by atoms with E-state index in [1.807, 2.05) is 7.05 Å². The monoisotopic (exact) mass is 277 g/mol. The summed E-state index contributed by atoms with van der Waals surface area (Å²) in [5, 5.41) is 12.2. The molecule has 0 atom stereocenters. The van der Waals surface area contributed by atoms with Gasteiger partial charge in [-0.2, -0.15) is 5.26 Å². The van der Waals surface area contributed by atoms with E-state index in [4.69, 9.17) is 5.26 Å². The van der Waals surface area contributed by atoms with Crippen LogP contribution < -0.4 is 5.32 Å². The summed E-state index contributed by atoms with van der Waals surface area (Å²) >= 11 is 0. The Morgan fingerprint density at radius 1 is 1.33 bits per heavy atom. The van der Waals surface area contributed by atoms with Gasteiger partial charge in [0, 0.05) is 13.2 Å². The van der Waals surface area contributed by atoms with Gasteiger partial charge in [-0.3, -0.25) is 0 Å². The van der Waals surface area contributed by atoms with Crippen LogP contribution in [0.3, 0.4) is 0 Å². The number of pyridine rings is 1. The molecule has 3 aromatic rings. The van der Waals surface area contributed by atoms with Crippen LogP contribution in [-0.2, 0) is 13.6 Å². The van der Waals surface area contributed by atoms with Crippen molar-refractivity contribution in [3.05, 3.63) is 53.5 Å². The van der Waals surface area contributed by atoms with Gasteiger partial charge in [-0.1, -0.05) is 6.07 Å². The molecule has 21 heavy (non-hydrogen) atoms. The molecule has 2 heterocycles. The predicted octanol–water partition coefficient (Wildman–Crippen LogP) is 2.76. The SMILES string of the molecule is Cc1ccc2c(c1)nc(CNc1ncccc1C#N)n2C. The van der Waals surface area contributed by atoms with Crippen LogP contribution in [0.1, 0.15) is 17.0 Å². The zero-order valence-corrected chi connectivity index (χ0v) is 12.0. The number of aromatic nitrogens is 3. The Balaban J connectivity index is 1.89. The van der Waals surface area contributed by atoms with Crippen molar-refractivity contribution in [2.45, 2.75) is 13.5 Å². The van der Waals surface area contributed by atoms with Crippen molar-refractivity contribution in [2.24, 2.45) is 7.05 Å². The highest BCUT2D eigenvalue weighted by atomic mass is 15.1. The van der Waals surface area contributed by atoms with Crippen LogP contribution in [0.5, 0.6) is 0 Å². The van der Waals surface area contributed by atoms with Gasteiger partial charge in [0.2, 0.25) is 0 Å². The number of anilines is 1. The molecule has 3 rings (SSSR count). The van der Waals surface area contributed by atoms with E-state index < -0.39 is 0 Å². The maximum Gasteiger partial charge on any atom is 0.144 e. The van der Waals surface area contributed by atoms with Crippen molar-refractivity contribution in [2.75, 3.05) is 5.32 Å². The zero-order valence-electron chi connectivity index (χ0n) is 12.0. The van der Waals surface area contributed by atoms with E-state index >= 15 is 0 Å². The Hall–Kier alpha value is -2.87. The number of imidazole rings is 1. The van der Waals surface area contributed by atoms with Gasteiger partial charge in [0.1, 0.15) is 17.7 Å². The summed E-state index contributed by atoms with van der Waals surface area (Å²) in [6.07, 6.45) is 1.67. The molecule has 5 heteroatoms. The van der Waals surface area contributed by atoms with Crippen molar-refractivity contribution in [1.82, 2.24) is 14.5 Å². The molecule has 0 aliphatic rings. The first kappa shape index (κ1) is 13.1. The van der Waals surface area contributed by atoms with E-state index in [0.29, 0.717) is 17.9 Å². The third kappa shape index (κ3) is 2.43. The third-order valence-electron chi connectivity index (χ3n) is 3.47. The zero-order chi connectivity index (χ0) is 14.8. The minimum absolute atomic E-state index is 0.524. The number of nitriles is 1. The quantitative estimate of drug-likeness (QED) is 0.799. The highest BCUT2D eigenvalue weighted by molar-refractivity contribution is 5.76. The van der Waals surface area contributed by atoms with Gasteiger partial charge < -0.3 is 9.88 Å². The molecular weight excluding hydrogens is 262 g/mol. The van der Waals surface area contributed by atoms with E-state index in [9.17, 15) is 0 Å². The van der Waals surface area contributed by atoms with Gasteiger partial charge in [-0.15, -0.1) is 0 Å². The summed E-state index contributed by atoms with van der Waals surface area (Å²) in [7, 11) is 1.99. The summed E-state index contributed by atoms with van der Waals surface area (Å²) in [5.74, 6) is 1.49. The molecule has 2 aromatic heterocycles. The highest BCUT2D eigenvalue weighted by Crippen LogP contribution is 2.18. The standard InChI is InChI=1S/C16H15N5/c1-11-5-6-14-13(8-11)20-15(21(14)2)10-19-16-12(9-17)4-3-7-18-16/h3-8H,10H2,1-2H3,(H,18,19). The lowest BCUT2D eigenvalue weighted by Crippen LogP contribution is -2.08. The van der Waals surface area contributed by atoms with Gasteiger partial charge in [-0.05, 0) is 36.8 Å². The lowest BCUT2D eigenvalue weighted by molar-refractivity contribution is 0.832. The van der Waals surface area contributed by atoms with Crippen LogP contribution >= 0.6 is 0 Å². The summed E-state index contributed by atoms with van der Waals surface area (Å²) in [4.78, 5) is 8.83. The Morgan fingerprint density at radius 3 is 3.00 bits per heavy atom. The second-order valence-corrected chi connectivity index (χ2v) is 4.94. The molecule has 0 aliphatic carbocycles. The second kappa shape index (κ2) is 5.25. The van der Waals surface area contributed by atoms with E-state index in [1.165, 1.54) is 5.56 Å². The summed E-state index contributed by atoms with van der Waals surface area (Å²) in [6, 6.07) is 11.8. The smallest absolute Gasteiger partial charge is 0.144 e. The topological polar surface area (TPSA) is 66.5 Å². The van der Waals surface area contributed by atoms with Crippen LogP contribution in [0, 0.1) is 18.3 Å². The number of hydrogen-bond acceptors (Lipinski definition) is 4. The lowest BCUT2D eigenvalue weighted by atomic mass is 10.2. The van der Waals surface area contributed by atoms with Crippen LogP contribution in [0.2, 0.25) is 0 Å². The molecule has 1 N–H and O–H groups in total. The van der Waals surface area contributed by atoms with E-state index in [2.05, 4.69) is 51.0 Å². The summed E-state index contributed by atoms with van der Waals surface area (Å²) in [6.45, 7) is 2.58. The Labute approximate surface area is 122 Å². The van der Waals surface area contributed by atoms with Gasteiger partial charge in [0.15, 0.2) is 0 Å². The fraction of sp³-hybridized carbons (Fsp3) is 0.188. The first-order valence-electron chi connectivity index (χ1n) is 6.70. The minimum atomic E-state index is 0.524. The molecule has 0 saturated carbocycles. The van der Waals surface area contributed by atoms with Crippen LogP contribution in [0.4, 0.5) is 5.82 Å². The minimum Gasteiger partial charge on any atom is -0.362 e. The molecule has 1 aromatic carbocycles. The Morgan fingerprint density at radius 2 is 2.19 bits per heavy atom. The van der Waals surface area contributed by atoms with Crippen molar-refractivity contribution >= 4 is 16.9 Å². The molecule has 0 unspecified atom stereocenters. The Kier molecular flexibility index (Phi) is 3.28. The molecule has 104 valence electrons. The molecule has 0 fully saturated rings. The molecule has 5 nitrogen and oxygen atoms in total. The molecule has 0 saturated heterocycles. The van der Waals surface area contributed by atoms with Gasteiger partial charge >= 0.3 is 0 Å². The molecule has 0 aliphatic heterocycles. The summed E-state index contributed by atoms with van der Waals surface area (Å²) < 4.78 is 2.05. The fourth-order valence-electron chi connectivity index (χ4n) is 2.32. The van der Waals surface area contributed by atoms with Crippen LogP contribution in [-0.4, -0.2) is 14.5 Å². The highest BCUT2D eigenvalue weighted by Gasteiger charge is 2.09. The van der Waals surface area contributed by atoms with Crippen molar-refractivity contribution in [3.8, 4) is 6.07 Å².